The Bertz CT molecular complexity index is 1680. The van der Waals surface area contributed by atoms with Crippen LogP contribution in [0, 0.1) is 5.82 Å². The molecule has 8 nitrogen and oxygen atoms in total. The Morgan fingerprint density at radius 3 is 2.84 bits per heavy atom. The summed E-state index contributed by atoms with van der Waals surface area (Å²) in [5, 5.41) is 12.9. The van der Waals surface area contributed by atoms with Gasteiger partial charge in [-0.2, -0.15) is 0 Å². The molecule has 0 aliphatic carbocycles. The molecule has 0 radical (unpaired) electrons. The molecule has 3 heterocycles. The summed E-state index contributed by atoms with van der Waals surface area (Å²) in [5.74, 6) is 1.60. The van der Waals surface area contributed by atoms with Crippen molar-refractivity contribution >= 4 is 48.6 Å². The van der Waals surface area contributed by atoms with Gasteiger partial charge in [0.25, 0.3) is 0 Å². The predicted octanol–water partition coefficient (Wildman–Crippen LogP) is 6.24. The molecule has 12 heteroatoms. The van der Waals surface area contributed by atoms with Crippen LogP contribution in [0.4, 0.5) is 15.9 Å². The van der Waals surface area contributed by atoms with Crippen LogP contribution in [0.25, 0.3) is 0 Å². The van der Waals surface area contributed by atoms with E-state index in [0.29, 0.717) is 25.3 Å². The molecule has 3 N–H and O–H groups in total. The number of nitrogens with zero attached hydrogens (tertiary/aromatic N) is 2. The van der Waals surface area contributed by atoms with Crippen LogP contribution < -0.4 is 25.6 Å². The Morgan fingerprint density at radius 2 is 2.02 bits per heavy atom. The van der Waals surface area contributed by atoms with Gasteiger partial charge in [0, 0.05) is 72.3 Å². The Morgan fingerprint density at radius 1 is 1.14 bits per heavy atom. The van der Waals surface area contributed by atoms with E-state index < -0.39 is 9.84 Å². The molecule has 3 aromatic rings. The molecule has 43 heavy (non-hydrogen) atoms. The summed E-state index contributed by atoms with van der Waals surface area (Å²) in [6, 6.07) is 12.1. The third-order valence-corrected chi connectivity index (χ3v) is 10.0. The number of sulfone groups is 1. The lowest BCUT2D eigenvalue weighted by Gasteiger charge is -2.26. The molecular weight excluding hydrogens is 653 g/mol. The van der Waals surface area contributed by atoms with Crippen LogP contribution >= 0.6 is 27.3 Å². The zero-order chi connectivity index (χ0) is 30.2. The van der Waals surface area contributed by atoms with Gasteiger partial charge in [-0.1, -0.05) is 19.1 Å². The van der Waals surface area contributed by atoms with E-state index in [9.17, 15) is 12.8 Å². The van der Waals surface area contributed by atoms with Crippen LogP contribution in [-0.2, 0) is 22.9 Å². The van der Waals surface area contributed by atoms with Crippen molar-refractivity contribution in [2.75, 3.05) is 34.8 Å². The number of allylic oxidation sites excluding steroid dienone is 2. The van der Waals surface area contributed by atoms with E-state index in [0.717, 1.165) is 49.8 Å². The minimum atomic E-state index is -2.97. The van der Waals surface area contributed by atoms with Crippen LogP contribution in [0.1, 0.15) is 23.9 Å². The number of nitrogens with one attached hydrogen (secondary N) is 3. The fourth-order valence-electron chi connectivity index (χ4n) is 4.53. The molecule has 0 saturated heterocycles. The van der Waals surface area contributed by atoms with Crippen LogP contribution in [0.5, 0.6) is 5.75 Å². The van der Waals surface area contributed by atoms with E-state index in [1.165, 1.54) is 12.1 Å². The third kappa shape index (κ3) is 8.56. The number of anilines is 2. The van der Waals surface area contributed by atoms with Gasteiger partial charge in [-0.3, -0.25) is 0 Å². The van der Waals surface area contributed by atoms with Gasteiger partial charge in [0.2, 0.25) is 0 Å². The SMILES string of the molecule is CCCS(=O)(=O)CCNCCc1nc(N2C=CC3=CNC=C(Nc4ccc(OCc5cccc(F)c5)c(Br)c4)C3=C2)cs1. The van der Waals surface area contributed by atoms with Crippen LogP contribution in [-0.4, -0.2) is 38.0 Å². The van der Waals surface area contributed by atoms with Crippen LogP contribution in [0.3, 0.4) is 0 Å². The summed E-state index contributed by atoms with van der Waals surface area (Å²) >= 11 is 5.18. The maximum atomic E-state index is 13.5. The highest BCUT2D eigenvalue weighted by molar-refractivity contribution is 9.10. The van der Waals surface area contributed by atoms with E-state index in [4.69, 9.17) is 9.72 Å². The van der Waals surface area contributed by atoms with Crippen molar-refractivity contribution in [3.63, 3.8) is 0 Å². The van der Waals surface area contributed by atoms with Gasteiger partial charge < -0.3 is 25.6 Å². The molecule has 0 saturated carbocycles. The molecule has 0 atom stereocenters. The molecular formula is C31H33BrFN5O3S2. The van der Waals surface area contributed by atoms with Gasteiger partial charge in [-0.05, 0) is 64.3 Å². The molecule has 0 amide bonds. The first-order valence-electron chi connectivity index (χ1n) is 13.9. The van der Waals surface area contributed by atoms with E-state index >= 15 is 0 Å². The second-order valence-corrected chi connectivity index (χ2v) is 14.1. The number of dihydropyridines is 1. The minimum Gasteiger partial charge on any atom is -0.488 e. The molecule has 5 rings (SSSR count). The molecule has 2 aromatic carbocycles. The van der Waals surface area contributed by atoms with E-state index in [-0.39, 0.29) is 23.9 Å². The first-order chi connectivity index (χ1) is 20.8. The second kappa shape index (κ2) is 14.3. The average molecular weight is 687 g/mol. The smallest absolute Gasteiger partial charge is 0.151 e. The predicted molar refractivity (Wildman–Crippen MR) is 175 cm³/mol. The van der Waals surface area contributed by atoms with Gasteiger partial charge in [0.05, 0.1) is 20.9 Å². The van der Waals surface area contributed by atoms with Crippen LogP contribution in [0.15, 0.2) is 100 Å². The molecule has 0 bridgehead atoms. The zero-order valence-corrected chi connectivity index (χ0v) is 26.9. The van der Waals surface area contributed by atoms with Gasteiger partial charge in [-0.15, -0.1) is 11.3 Å². The number of aromatic nitrogens is 1. The number of rotatable bonds is 14. The molecule has 2 aliphatic rings. The van der Waals surface area contributed by atoms with E-state index in [1.807, 2.05) is 72.3 Å². The molecule has 2 aliphatic heterocycles. The van der Waals surface area contributed by atoms with Crippen LogP contribution in [0.2, 0.25) is 0 Å². The summed E-state index contributed by atoms with van der Waals surface area (Å²) in [6.07, 6.45) is 11.3. The Hall–Kier alpha value is -3.45. The summed E-state index contributed by atoms with van der Waals surface area (Å²) in [5.41, 5.74) is 4.56. The maximum absolute atomic E-state index is 13.5. The number of benzene rings is 2. The number of hydrogen-bond donors (Lipinski definition) is 3. The lowest BCUT2D eigenvalue weighted by atomic mass is 10.0. The molecule has 0 unspecified atom stereocenters. The largest absolute Gasteiger partial charge is 0.488 e. The lowest BCUT2D eigenvalue weighted by Crippen LogP contribution is -2.26. The number of thiazole rings is 1. The first kappa shape index (κ1) is 31.0. The number of fused-ring (bicyclic) bond motifs is 1. The number of ether oxygens (including phenoxy) is 1. The van der Waals surface area contributed by atoms with Gasteiger partial charge in [0.1, 0.15) is 24.0 Å². The van der Waals surface area contributed by atoms with E-state index in [2.05, 4.69) is 31.9 Å². The molecule has 1 aromatic heterocycles. The van der Waals surface area contributed by atoms with Gasteiger partial charge in [0.15, 0.2) is 9.84 Å². The normalized spacial score (nSPS) is 14.4. The average Bonchev–Trinajstić information content (AvgIpc) is 3.45. The zero-order valence-electron chi connectivity index (χ0n) is 23.6. The third-order valence-electron chi connectivity index (χ3n) is 6.67. The Kier molecular flexibility index (Phi) is 10.3. The standard InChI is InChI=1S/C31H33BrFN5O3S2/c1-2-13-43(39,40)14-11-34-10-8-31-37-30(21-42-31)38-12-9-23-17-35-18-28(26(23)19-38)36-25-6-7-29(27(32)16-25)41-20-22-4-3-5-24(33)15-22/h3-7,9,12,15-19,21,34-36H,2,8,10-11,13-14,20H2,1H3. The van der Waals surface area contributed by atoms with Crippen molar-refractivity contribution < 1.29 is 17.5 Å². The Balaban J connectivity index is 1.18. The summed E-state index contributed by atoms with van der Waals surface area (Å²) < 4.78 is 43.9. The quantitative estimate of drug-likeness (QED) is 0.172. The fraction of sp³-hybridized carbons (Fsp3) is 0.258. The monoisotopic (exact) mass is 685 g/mol. The first-order valence-corrected chi connectivity index (χ1v) is 17.4. The lowest BCUT2D eigenvalue weighted by molar-refractivity contribution is 0.303. The highest BCUT2D eigenvalue weighted by Gasteiger charge is 2.20. The van der Waals surface area contributed by atoms with Crippen molar-refractivity contribution in [3.8, 4) is 5.75 Å². The summed E-state index contributed by atoms with van der Waals surface area (Å²) in [7, 11) is -2.97. The molecule has 0 spiro atoms. The van der Waals surface area contributed by atoms with Gasteiger partial charge >= 0.3 is 0 Å². The summed E-state index contributed by atoms with van der Waals surface area (Å²) in [4.78, 5) is 6.79. The minimum absolute atomic E-state index is 0.163. The Labute approximate surface area is 264 Å². The topological polar surface area (TPSA) is 95.6 Å². The van der Waals surface area contributed by atoms with Crippen molar-refractivity contribution in [2.24, 2.45) is 0 Å². The number of halogens is 2. The van der Waals surface area contributed by atoms with Crippen molar-refractivity contribution in [2.45, 2.75) is 26.4 Å². The van der Waals surface area contributed by atoms with Crippen molar-refractivity contribution in [3.05, 3.63) is 116 Å². The maximum Gasteiger partial charge on any atom is 0.151 e. The fourth-order valence-corrected chi connectivity index (χ4v) is 7.09. The second-order valence-electron chi connectivity index (χ2n) is 10.0. The number of hydrogen-bond acceptors (Lipinski definition) is 9. The van der Waals surface area contributed by atoms with Crippen molar-refractivity contribution in [1.82, 2.24) is 15.6 Å². The molecule has 226 valence electrons. The van der Waals surface area contributed by atoms with Gasteiger partial charge in [-0.25, -0.2) is 17.8 Å². The molecule has 0 fully saturated rings. The summed E-state index contributed by atoms with van der Waals surface area (Å²) in [6.45, 7) is 3.26. The van der Waals surface area contributed by atoms with E-state index in [1.54, 1.807) is 17.4 Å². The highest BCUT2D eigenvalue weighted by atomic mass is 79.9. The highest BCUT2D eigenvalue weighted by Crippen LogP contribution is 2.34. The van der Waals surface area contributed by atoms with Crippen molar-refractivity contribution in [1.29, 1.82) is 0 Å².